The van der Waals surface area contributed by atoms with Gasteiger partial charge in [-0.3, -0.25) is 9.78 Å². The van der Waals surface area contributed by atoms with Gasteiger partial charge in [-0.2, -0.15) is 0 Å². The van der Waals surface area contributed by atoms with Gasteiger partial charge in [0.15, 0.2) is 6.10 Å². The van der Waals surface area contributed by atoms with Crippen LogP contribution in [0.5, 0.6) is 5.75 Å². The lowest BCUT2D eigenvalue weighted by Crippen LogP contribution is -2.30. The predicted octanol–water partition coefficient (Wildman–Crippen LogP) is 2.85. The van der Waals surface area contributed by atoms with Crippen molar-refractivity contribution in [1.82, 2.24) is 10.3 Å². The van der Waals surface area contributed by atoms with Crippen LogP contribution < -0.4 is 10.1 Å². The second kappa shape index (κ2) is 8.26. The van der Waals surface area contributed by atoms with Gasteiger partial charge in [-0.25, -0.2) is 0 Å². The van der Waals surface area contributed by atoms with Crippen molar-refractivity contribution in [3.8, 4) is 5.75 Å². The van der Waals surface area contributed by atoms with E-state index in [1.807, 2.05) is 36.4 Å². The maximum Gasteiger partial charge on any atom is 0.253 e. The molecule has 0 aliphatic rings. The van der Waals surface area contributed by atoms with Crippen molar-refractivity contribution in [2.24, 2.45) is 0 Å². The first kappa shape index (κ1) is 16.9. The predicted molar refractivity (Wildman–Crippen MR) is 96.3 cm³/mol. The molecule has 0 saturated carbocycles. The summed E-state index contributed by atoms with van der Waals surface area (Å²) < 4.78 is 5.77. The maximum absolute atomic E-state index is 11.9. The largest absolute Gasteiger partial charge is 0.491 e. The Balaban J connectivity index is 1.45. The standard InChI is InChI=1S/C20H20N2O3/c23-19(16-7-2-1-3-8-16)20(24)22-13-6-14-25-17-11-4-9-15-10-5-12-21-18(15)17/h1-5,7-12,19,23H,6,13-14H2,(H,22,24). The number of fused-ring (bicyclic) bond motifs is 1. The summed E-state index contributed by atoms with van der Waals surface area (Å²) in [6.07, 6.45) is 1.22. The first-order valence-corrected chi connectivity index (χ1v) is 8.23. The average molecular weight is 336 g/mol. The summed E-state index contributed by atoms with van der Waals surface area (Å²) >= 11 is 0. The van der Waals surface area contributed by atoms with E-state index in [4.69, 9.17) is 4.74 Å². The number of para-hydroxylation sites is 1. The lowest BCUT2D eigenvalue weighted by Gasteiger charge is -2.12. The number of amides is 1. The number of rotatable bonds is 7. The first-order chi connectivity index (χ1) is 12.3. The number of aromatic nitrogens is 1. The summed E-state index contributed by atoms with van der Waals surface area (Å²) in [5.41, 5.74) is 1.41. The van der Waals surface area contributed by atoms with Crippen LogP contribution in [0.1, 0.15) is 18.1 Å². The molecule has 1 heterocycles. The molecule has 2 aromatic carbocycles. The molecule has 5 nitrogen and oxygen atoms in total. The summed E-state index contributed by atoms with van der Waals surface area (Å²) in [5.74, 6) is 0.326. The third kappa shape index (κ3) is 4.33. The third-order valence-corrected chi connectivity index (χ3v) is 3.84. The van der Waals surface area contributed by atoms with Crippen LogP contribution in [0, 0.1) is 0 Å². The molecule has 1 amide bonds. The average Bonchev–Trinajstić information content (AvgIpc) is 2.67. The molecule has 0 saturated heterocycles. The molecule has 1 atom stereocenters. The van der Waals surface area contributed by atoms with Gasteiger partial charge in [0.05, 0.1) is 6.61 Å². The normalized spacial score (nSPS) is 11.9. The zero-order valence-corrected chi connectivity index (χ0v) is 13.8. The molecule has 3 aromatic rings. The van der Waals surface area contributed by atoms with Gasteiger partial charge in [0.2, 0.25) is 0 Å². The van der Waals surface area contributed by atoms with E-state index >= 15 is 0 Å². The fourth-order valence-corrected chi connectivity index (χ4v) is 2.54. The van der Waals surface area contributed by atoms with Crippen LogP contribution in [0.2, 0.25) is 0 Å². The SMILES string of the molecule is O=C(NCCCOc1cccc2cccnc12)C(O)c1ccccc1. The number of benzene rings is 2. The summed E-state index contributed by atoms with van der Waals surface area (Å²) in [6, 6.07) is 18.5. The lowest BCUT2D eigenvalue weighted by molar-refractivity contribution is -0.129. The summed E-state index contributed by atoms with van der Waals surface area (Å²) in [4.78, 5) is 16.3. The van der Waals surface area contributed by atoms with E-state index in [0.717, 1.165) is 16.7 Å². The maximum atomic E-state index is 11.9. The molecule has 0 aliphatic heterocycles. The second-order valence-electron chi connectivity index (χ2n) is 5.64. The highest BCUT2D eigenvalue weighted by molar-refractivity contribution is 5.84. The Morgan fingerprint density at radius 3 is 2.72 bits per heavy atom. The van der Waals surface area contributed by atoms with Gasteiger partial charge in [-0.1, -0.05) is 48.5 Å². The van der Waals surface area contributed by atoms with E-state index in [1.54, 1.807) is 30.5 Å². The molecule has 128 valence electrons. The van der Waals surface area contributed by atoms with E-state index in [1.165, 1.54) is 0 Å². The van der Waals surface area contributed by atoms with Crippen molar-refractivity contribution >= 4 is 16.8 Å². The van der Waals surface area contributed by atoms with Crippen LogP contribution in [0.25, 0.3) is 10.9 Å². The van der Waals surface area contributed by atoms with Crippen LogP contribution in [-0.4, -0.2) is 29.1 Å². The van der Waals surface area contributed by atoms with Gasteiger partial charge < -0.3 is 15.2 Å². The Hall–Kier alpha value is -2.92. The Morgan fingerprint density at radius 1 is 1.08 bits per heavy atom. The monoisotopic (exact) mass is 336 g/mol. The third-order valence-electron chi connectivity index (χ3n) is 3.84. The molecule has 0 bridgehead atoms. The van der Waals surface area contributed by atoms with Crippen LogP contribution in [0.15, 0.2) is 66.9 Å². The van der Waals surface area contributed by atoms with Gasteiger partial charge in [-0.15, -0.1) is 0 Å². The van der Waals surface area contributed by atoms with Crippen molar-refractivity contribution in [3.05, 3.63) is 72.4 Å². The molecule has 25 heavy (non-hydrogen) atoms. The number of aliphatic hydroxyl groups is 1. The van der Waals surface area contributed by atoms with Crippen molar-refractivity contribution in [1.29, 1.82) is 0 Å². The Bertz CT molecular complexity index is 831. The van der Waals surface area contributed by atoms with Gasteiger partial charge >= 0.3 is 0 Å². The minimum Gasteiger partial charge on any atom is -0.491 e. The van der Waals surface area contributed by atoms with E-state index in [2.05, 4.69) is 10.3 Å². The molecule has 0 radical (unpaired) electrons. The number of aliphatic hydroxyl groups excluding tert-OH is 1. The molecule has 5 heteroatoms. The quantitative estimate of drug-likeness (QED) is 0.651. The number of carbonyl (C=O) groups excluding carboxylic acids is 1. The van der Waals surface area contributed by atoms with E-state index < -0.39 is 12.0 Å². The van der Waals surface area contributed by atoms with E-state index in [0.29, 0.717) is 25.1 Å². The van der Waals surface area contributed by atoms with Crippen LogP contribution >= 0.6 is 0 Å². The number of pyridine rings is 1. The van der Waals surface area contributed by atoms with Crippen LogP contribution in [0.4, 0.5) is 0 Å². The zero-order valence-electron chi connectivity index (χ0n) is 13.8. The van der Waals surface area contributed by atoms with Gasteiger partial charge in [-0.05, 0) is 24.1 Å². The fraction of sp³-hybridized carbons (Fsp3) is 0.200. The van der Waals surface area contributed by atoms with Crippen molar-refractivity contribution in [2.45, 2.75) is 12.5 Å². The molecular formula is C20H20N2O3. The van der Waals surface area contributed by atoms with Gasteiger partial charge in [0.25, 0.3) is 5.91 Å². The van der Waals surface area contributed by atoms with E-state index in [9.17, 15) is 9.90 Å². The number of ether oxygens (including phenoxy) is 1. The highest BCUT2D eigenvalue weighted by Gasteiger charge is 2.15. The minimum atomic E-state index is -1.15. The van der Waals surface area contributed by atoms with Crippen molar-refractivity contribution in [3.63, 3.8) is 0 Å². The van der Waals surface area contributed by atoms with Gasteiger partial charge in [0.1, 0.15) is 11.3 Å². The Labute approximate surface area is 146 Å². The first-order valence-electron chi connectivity index (χ1n) is 8.23. The summed E-state index contributed by atoms with van der Waals surface area (Å²) in [6.45, 7) is 0.887. The number of hydrogen-bond acceptors (Lipinski definition) is 4. The molecule has 0 fully saturated rings. The van der Waals surface area contributed by atoms with Gasteiger partial charge in [0, 0.05) is 18.1 Å². The number of carbonyl (C=O) groups is 1. The molecule has 3 rings (SSSR count). The Morgan fingerprint density at radius 2 is 1.88 bits per heavy atom. The molecule has 1 unspecified atom stereocenters. The molecule has 1 aromatic heterocycles. The molecule has 0 aliphatic carbocycles. The minimum absolute atomic E-state index is 0.405. The Kier molecular flexibility index (Phi) is 5.59. The smallest absolute Gasteiger partial charge is 0.253 e. The van der Waals surface area contributed by atoms with Crippen molar-refractivity contribution < 1.29 is 14.6 Å². The van der Waals surface area contributed by atoms with Crippen LogP contribution in [0.3, 0.4) is 0 Å². The fourth-order valence-electron chi connectivity index (χ4n) is 2.54. The highest BCUT2D eigenvalue weighted by Crippen LogP contribution is 2.22. The number of hydrogen-bond donors (Lipinski definition) is 2. The number of nitrogens with zero attached hydrogens (tertiary/aromatic N) is 1. The van der Waals surface area contributed by atoms with Crippen molar-refractivity contribution in [2.75, 3.05) is 13.2 Å². The lowest BCUT2D eigenvalue weighted by atomic mass is 10.1. The highest BCUT2D eigenvalue weighted by atomic mass is 16.5. The second-order valence-corrected chi connectivity index (χ2v) is 5.64. The molecule has 2 N–H and O–H groups in total. The summed E-state index contributed by atoms with van der Waals surface area (Å²) in [5, 5.41) is 13.7. The number of nitrogens with one attached hydrogen (secondary N) is 1. The van der Waals surface area contributed by atoms with Crippen LogP contribution in [-0.2, 0) is 4.79 Å². The molecular weight excluding hydrogens is 316 g/mol. The zero-order chi connectivity index (χ0) is 17.5. The summed E-state index contributed by atoms with van der Waals surface area (Å²) in [7, 11) is 0. The topological polar surface area (TPSA) is 71.5 Å². The van der Waals surface area contributed by atoms with E-state index in [-0.39, 0.29) is 0 Å². The molecule has 0 spiro atoms.